The molecule has 0 unspecified atom stereocenters. The number of aromatic nitrogens is 2. The molecule has 1 aromatic rings. The first-order valence-electron chi connectivity index (χ1n) is 7.98. The van der Waals surface area contributed by atoms with E-state index in [2.05, 4.69) is 47.5 Å². The van der Waals surface area contributed by atoms with Gasteiger partial charge in [0.2, 0.25) is 0 Å². The van der Waals surface area contributed by atoms with Crippen molar-refractivity contribution in [3.05, 3.63) is 18.2 Å². The first kappa shape index (κ1) is 15.5. The molecule has 0 aromatic carbocycles. The molecule has 4 heteroatoms. The fourth-order valence-electron chi connectivity index (χ4n) is 2.94. The second-order valence-corrected chi connectivity index (χ2v) is 6.89. The summed E-state index contributed by atoms with van der Waals surface area (Å²) < 4.78 is 2.26. The van der Waals surface area contributed by atoms with Gasteiger partial charge in [-0.2, -0.15) is 0 Å². The van der Waals surface area contributed by atoms with Crippen LogP contribution < -0.4 is 5.32 Å². The Hall–Kier alpha value is -0.870. The molecule has 2 rings (SSSR count). The van der Waals surface area contributed by atoms with Gasteiger partial charge in [-0.25, -0.2) is 4.98 Å². The van der Waals surface area contributed by atoms with Crippen LogP contribution in [0.15, 0.2) is 12.5 Å². The summed E-state index contributed by atoms with van der Waals surface area (Å²) in [5.74, 6) is 0. The van der Waals surface area contributed by atoms with E-state index >= 15 is 0 Å². The van der Waals surface area contributed by atoms with Gasteiger partial charge in [0, 0.05) is 44.0 Å². The smallest absolute Gasteiger partial charge is 0.0948 e. The van der Waals surface area contributed by atoms with Crippen LogP contribution in [-0.2, 0) is 13.1 Å². The maximum Gasteiger partial charge on any atom is 0.0948 e. The largest absolute Gasteiger partial charge is 0.333 e. The summed E-state index contributed by atoms with van der Waals surface area (Å²) in [5, 5.41) is 3.71. The molecule has 20 heavy (non-hydrogen) atoms. The average molecular weight is 278 g/mol. The molecule has 2 heterocycles. The van der Waals surface area contributed by atoms with E-state index in [0.717, 1.165) is 19.5 Å². The zero-order valence-electron chi connectivity index (χ0n) is 13.5. The van der Waals surface area contributed by atoms with Gasteiger partial charge >= 0.3 is 0 Å². The first-order valence-corrected chi connectivity index (χ1v) is 7.98. The monoisotopic (exact) mass is 278 g/mol. The Balaban J connectivity index is 1.77. The van der Waals surface area contributed by atoms with Crippen molar-refractivity contribution in [3.63, 3.8) is 0 Å². The summed E-state index contributed by atoms with van der Waals surface area (Å²) >= 11 is 0. The number of hydrogen-bond donors (Lipinski definition) is 1. The Kier molecular flexibility index (Phi) is 5.22. The fraction of sp³-hybridized carbons (Fsp3) is 0.812. The number of nitrogens with zero attached hydrogens (tertiary/aromatic N) is 3. The van der Waals surface area contributed by atoms with Crippen molar-refractivity contribution in [2.24, 2.45) is 0 Å². The van der Waals surface area contributed by atoms with Crippen molar-refractivity contribution in [2.75, 3.05) is 13.1 Å². The summed E-state index contributed by atoms with van der Waals surface area (Å²) in [4.78, 5) is 6.85. The van der Waals surface area contributed by atoms with Gasteiger partial charge in [-0.3, -0.25) is 4.90 Å². The Morgan fingerprint density at radius 2 is 2.00 bits per heavy atom. The molecule has 1 aliphatic rings. The van der Waals surface area contributed by atoms with Gasteiger partial charge in [0.05, 0.1) is 12.0 Å². The van der Waals surface area contributed by atoms with E-state index in [-0.39, 0.29) is 0 Å². The van der Waals surface area contributed by atoms with E-state index in [1.54, 1.807) is 0 Å². The van der Waals surface area contributed by atoms with Gasteiger partial charge in [-0.05, 0) is 40.0 Å². The highest BCUT2D eigenvalue weighted by molar-refractivity contribution is 4.98. The molecule has 4 nitrogen and oxygen atoms in total. The third-order valence-corrected chi connectivity index (χ3v) is 4.28. The summed E-state index contributed by atoms with van der Waals surface area (Å²) in [6.45, 7) is 13.6. The topological polar surface area (TPSA) is 33.1 Å². The molecular weight excluding hydrogens is 248 g/mol. The lowest BCUT2D eigenvalue weighted by Gasteiger charge is -2.41. The normalized spacial score (nSPS) is 18.6. The van der Waals surface area contributed by atoms with Crippen LogP contribution in [0.3, 0.4) is 0 Å². The first-order chi connectivity index (χ1) is 9.50. The highest BCUT2D eigenvalue weighted by Gasteiger charge is 2.26. The van der Waals surface area contributed by atoms with E-state index in [4.69, 9.17) is 0 Å². The number of aryl methyl sites for hydroxylation is 1. The van der Waals surface area contributed by atoms with Crippen LogP contribution in [0.25, 0.3) is 0 Å². The van der Waals surface area contributed by atoms with Gasteiger partial charge in [0.15, 0.2) is 0 Å². The van der Waals surface area contributed by atoms with Crippen molar-refractivity contribution < 1.29 is 0 Å². The molecule has 1 fully saturated rings. The van der Waals surface area contributed by atoms with Gasteiger partial charge in [0.1, 0.15) is 0 Å². The second-order valence-electron chi connectivity index (χ2n) is 6.89. The molecule has 0 amide bonds. The molecule has 0 radical (unpaired) electrons. The third kappa shape index (κ3) is 4.06. The van der Waals surface area contributed by atoms with Crippen LogP contribution in [0.4, 0.5) is 0 Å². The van der Waals surface area contributed by atoms with Gasteiger partial charge in [-0.1, -0.05) is 6.92 Å². The molecule has 0 atom stereocenters. The standard InChI is InChI=1S/C16H30N4/c1-5-8-19-13-17-11-15(19)12-18-14-6-9-20(10-7-14)16(2,3)4/h11,13-14,18H,5-10,12H2,1-4H3. The number of piperidine rings is 1. The van der Waals surface area contributed by atoms with Crippen molar-refractivity contribution in [1.82, 2.24) is 19.8 Å². The lowest BCUT2D eigenvalue weighted by Crippen LogP contribution is -2.49. The van der Waals surface area contributed by atoms with Gasteiger partial charge < -0.3 is 9.88 Å². The molecular formula is C16H30N4. The molecule has 0 saturated carbocycles. The summed E-state index contributed by atoms with van der Waals surface area (Å²) in [6, 6.07) is 0.651. The second kappa shape index (κ2) is 6.72. The van der Waals surface area contributed by atoms with E-state index in [1.165, 1.54) is 31.6 Å². The van der Waals surface area contributed by atoms with Gasteiger partial charge in [0.25, 0.3) is 0 Å². The Bertz CT molecular complexity index is 397. The van der Waals surface area contributed by atoms with E-state index in [9.17, 15) is 0 Å². The number of hydrogen-bond acceptors (Lipinski definition) is 3. The Labute approximate surface area is 123 Å². The minimum absolute atomic E-state index is 0.310. The van der Waals surface area contributed by atoms with Crippen LogP contribution in [0.5, 0.6) is 0 Å². The summed E-state index contributed by atoms with van der Waals surface area (Å²) in [5.41, 5.74) is 1.62. The third-order valence-electron chi connectivity index (χ3n) is 4.28. The van der Waals surface area contributed by atoms with Crippen molar-refractivity contribution in [3.8, 4) is 0 Å². The van der Waals surface area contributed by atoms with E-state index in [1.807, 2.05) is 12.5 Å². The Morgan fingerprint density at radius 3 is 2.60 bits per heavy atom. The minimum atomic E-state index is 0.310. The molecule has 1 aromatic heterocycles. The molecule has 0 aliphatic carbocycles. The number of imidazole rings is 1. The lowest BCUT2D eigenvalue weighted by molar-refractivity contribution is 0.0959. The maximum absolute atomic E-state index is 4.26. The van der Waals surface area contributed by atoms with E-state index < -0.39 is 0 Å². The highest BCUT2D eigenvalue weighted by atomic mass is 15.2. The average Bonchev–Trinajstić information content (AvgIpc) is 2.84. The quantitative estimate of drug-likeness (QED) is 0.899. The zero-order valence-corrected chi connectivity index (χ0v) is 13.5. The van der Waals surface area contributed by atoms with Gasteiger partial charge in [-0.15, -0.1) is 0 Å². The minimum Gasteiger partial charge on any atom is -0.333 e. The molecule has 1 aliphatic heterocycles. The Morgan fingerprint density at radius 1 is 1.30 bits per heavy atom. The SMILES string of the molecule is CCCn1cncc1CNC1CCN(C(C)(C)C)CC1. The van der Waals surface area contributed by atoms with Crippen molar-refractivity contribution in [1.29, 1.82) is 0 Å². The van der Waals surface area contributed by atoms with Crippen LogP contribution in [0, 0.1) is 0 Å². The zero-order chi connectivity index (χ0) is 14.6. The molecule has 1 N–H and O–H groups in total. The number of nitrogens with one attached hydrogen (secondary N) is 1. The molecule has 0 bridgehead atoms. The van der Waals surface area contributed by atoms with Crippen molar-refractivity contribution in [2.45, 2.75) is 71.6 Å². The van der Waals surface area contributed by atoms with Crippen molar-refractivity contribution >= 4 is 0 Å². The lowest BCUT2D eigenvalue weighted by atomic mass is 9.98. The maximum atomic E-state index is 4.26. The molecule has 0 spiro atoms. The van der Waals surface area contributed by atoms with Crippen LogP contribution in [-0.4, -0.2) is 39.1 Å². The van der Waals surface area contributed by atoms with Crippen LogP contribution >= 0.6 is 0 Å². The molecule has 114 valence electrons. The van der Waals surface area contributed by atoms with E-state index in [0.29, 0.717) is 11.6 Å². The van der Waals surface area contributed by atoms with Crippen LogP contribution in [0.1, 0.15) is 52.7 Å². The molecule has 1 saturated heterocycles. The highest BCUT2D eigenvalue weighted by Crippen LogP contribution is 2.20. The fourth-order valence-corrected chi connectivity index (χ4v) is 2.94. The summed E-state index contributed by atoms with van der Waals surface area (Å²) in [6.07, 6.45) is 7.60. The predicted octanol–water partition coefficient (Wildman–Crippen LogP) is 2.65. The summed E-state index contributed by atoms with van der Waals surface area (Å²) in [7, 11) is 0. The predicted molar refractivity (Wildman–Crippen MR) is 83.7 cm³/mol. The van der Waals surface area contributed by atoms with Crippen LogP contribution in [0.2, 0.25) is 0 Å². The number of likely N-dealkylation sites (tertiary alicyclic amines) is 1. The number of rotatable bonds is 5.